The Balaban J connectivity index is 3.00. The molecule has 0 atom stereocenters. The summed E-state index contributed by atoms with van der Waals surface area (Å²) in [6, 6.07) is 0. The number of aryl methyl sites for hydroxylation is 2. The molecule has 6 nitrogen and oxygen atoms in total. The Morgan fingerprint density at radius 2 is 1.94 bits per heavy atom. The molecule has 1 rings (SSSR count). The lowest BCUT2D eigenvalue weighted by molar-refractivity contribution is 0.576. The highest BCUT2D eigenvalue weighted by atomic mass is 32.2. The third-order valence-corrected chi connectivity index (χ3v) is 4.99. The highest BCUT2D eigenvalue weighted by Crippen LogP contribution is 2.01. The van der Waals surface area contributed by atoms with E-state index in [-0.39, 0.29) is 12.3 Å². The summed E-state index contributed by atoms with van der Waals surface area (Å²) in [7, 11) is -3.19. The summed E-state index contributed by atoms with van der Waals surface area (Å²) in [5.41, 5.74) is -0.516. The third kappa shape index (κ3) is 3.32. The zero-order valence-electron chi connectivity index (χ0n) is 10.8. The number of aromatic amines is 1. The summed E-state index contributed by atoms with van der Waals surface area (Å²) >= 11 is 0. The predicted octanol–water partition coefficient (Wildman–Crippen LogP) is -0.0778. The molecule has 1 aromatic heterocycles. The quantitative estimate of drug-likeness (QED) is 0.813. The van der Waals surface area contributed by atoms with Gasteiger partial charge in [0.15, 0.2) is 9.84 Å². The standard InChI is InChI=1S/C11H18N2O4S/c1-4-9-7-13(11(15)12-10(9)14)5-6-18(16,17)8(2)3/h7-8H,4-6H2,1-3H3,(H,12,14,15). The molecule has 0 bridgehead atoms. The van der Waals surface area contributed by atoms with Crippen molar-refractivity contribution in [3.05, 3.63) is 32.6 Å². The van der Waals surface area contributed by atoms with E-state index in [1.54, 1.807) is 20.8 Å². The molecule has 0 radical (unpaired) electrons. The molecule has 0 aliphatic carbocycles. The second kappa shape index (κ2) is 5.51. The van der Waals surface area contributed by atoms with Gasteiger partial charge < -0.3 is 0 Å². The van der Waals surface area contributed by atoms with Crippen molar-refractivity contribution in [1.82, 2.24) is 9.55 Å². The van der Waals surface area contributed by atoms with Crippen LogP contribution in [0.1, 0.15) is 26.3 Å². The van der Waals surface area contributed by atoms with Crippen molar-refractivity contribution in [1.29, 1.82) is 0 Å². The number of hydrogen-bond acceptors (Lipinski definition) is 4. The molecule has 0 saturated heterocycles. The molecule has 1 aromatic rings. The smallest absolute Gasteiger partial charge is 0.299 e. The van der Waals surface area contributed by atoms with Crippen molar-refractivity contribution in [2.45, 2.75) is 39.0 Å². The predicted molar refractivity (Wildman–Crippen MR) is 69.6 cm³/mol. The SMILES string of the molecule is CCc1cn(CCS(=O)(=O)C(C)C)c(=O)[nH]c1=O. The van der Waals surface area contributed by atoms with Crippen LogP contribution in [0.2, 0.25) is 0 Å². The molecule has 1 heterocycles. The second-order valence-corrected chi connectivity index (χ2v) is 7.05. The van der Waals surface area contributed by atoms with Crippen LogP contribution in [0.15, 0.2) is 15.8 Å². The van der Waals surface area contributed by atoms with Gasteiger partial charge in [-0.2, -0.15) is 0 Å². The fraction of sp³-hybridized carbons (Fsp3) is 0.636. The van der Waals surface area contributed by atoms with Crippen LogP contribution in [-0.2, 0) is 22.8 Å². The van der Waals surface area contributed by atoms with Gasteiger partial charge in [0.25, 0.3) is 5.56 Å². The summed E-state index contributed by atoms with van der Waals surface area (Å²) in [5.74, 6) is -0.111. The summed E-state index contributed by atoms with van der Waals surface area (Å²) in [5, 5.41) is -0.471. The largest absolute Gasteiger partial charge is 0.328 e. The molecule has 0 amide bonds. The molecule has 18 heavy (non-hydrogen) atoms. The van der Waals surface area contributed by atoms with Crippen LogP contribution >= 0.6 is 0 Å². The Morgan fingerprint density at radius 1 is 1.33 bits per heavy atom. The van der Waals surface area contributed by atoms with Gasteiger partial charge in [0.2, 0.25) is 0 Å². The van der Waals surface area contributed by atoms with E-state index in [0.717, 1.165) is 0 Å². The first-order valence-electron chi connectivity index (χ1n) is 5.82. The van der Waals surface area contributed by atoms with E-state index in [1.165, 1.54) is 10.8 Å². The first-order chi connectivity index (χ1) is 8.27. The Hall–Kier alpha value is -1.37. The molecule has 0 spiro atoms. The Kier molecular flexibility index (Phi) is 4.50. The first kappa shape index (κ1) is 14.7. The van der Waals surface area contributed by atoms with E-state index in [9.17, 15) is 18.0 Å². The lowest BCUT2D eigenvalue weighted by Gasteiger charge is -2.09. The summed E-state index contributed by atoms with van der Waals surface area (Å²) < 4.78 is 24.5. The van der Waals surface area contributed by atoms with Gasteiger partial charge in [-0.05, 0) is 20.3 Å². The van der Waals surface area contributed by atoms with Crippen molar-refractivity contribution in [3.8, 4) is 0 Å². The highest BCUT2D eigenvalue weighted by molar-refractivity contribution is 7.91. The molecule has 0 saturated carbocycles. The summed E-state index contributed by atoms with van der Waals surface area (Å²) in [6.07, 6.45) is 1.92. The molecule has 0 aliphatic rings. The van der Waals surface area contributed by atoms with Crippen molar-refractivity contribution in [3.63, 3.8) is 0 Å². The molecule has 7 heteroatoms. The van der Waals surface area contributed by atoms with Crippen molar-refractivity contribution < 1.29 is 8.42 Å². The van der Waals surface area contributed by atoms with E-state index < -0.39 is 26.3 Å². The van der Waals surface area contributed by atoms with Crippen LogP contribution in [0.4, 0.5) is 0 Å². The van der Waals surface area contributed by atoms with E-state index in [1.807, 2.05) is 0 Å². The zero-order chi connectivity index (χ0) is 13.9. The molecule has 0 aromatic carbocycles. The van der Waals surface area contributed by atoms with Gasteiger partial charge in [0, 0.05) is 18.3 Å². The molecular weight excluding hydrogens is 256 g/mol. The van der Waals surface area contributed by atoms with Crippen LogP contribution in [-0.4, -0.2) is 29.0 Å². The van der Waals surface area contributed by atoms with E-state index in [2.05, 4.69) is 4.98 Å². The monoisotopic (exact) mass is 274 g/mol. The van der Waals surface area contributed by atoms with Gasteiger partial charge in [-0.15, -0.1) is 0 Å². The molecular formula is C11H18N2O4S. The molecule has 0 aliphatic heterocycles. The number of rotatable bonds is 5. The van der Waals surface area contributed by atoms with Crippen LogP contribution in [0, 0.1) is 0 Å². The minimum atomic E-state index is -3.19. The second-order valence-electron chi connectivity index (χ2n) is 4.38. The van der Waals surface area contributed by atoms with Gasteiger partial charge in [0.1, 0.15) is 0 Å². The summed E-state index contributed by atoms with van der Waals surface area (Å²) in [4.78, 5) is 25.0. The maximum atomic E-state index is 11.6. The number of sulfone groups is 1. The topological polar surface area (TPSA) is 89.0 Å². The van der Waals surface area contributed by atoms with Crippen LogP contribution < -0.4 is 11.2 Å². The Labute approximate surface area is 106 Å². The fourth-order valence-corrected chi connectivity index (χ4v) is 2.36. The van der Waals surface area contributed by atoms with Crippen LogP contribution in [0.25, 0.3) is 0 Å². The average Bonchev–Trinajstić information content (AvgIpc) is 2.27. The van der Waals surface area contributed by atoms with Gasteiger partial charge >= 0.3 is 5.69 Å². The van der Waals surface area contributed by atoms with Crippen LogP contribution in [0.5, 0.6) is 0 Å². The normalized spacial score (nSPS) is 12.0. The zero-order valence-corrected chi connectivity index (χ0v) is 11.6. The average molecular weight is 274 g/mol. The minimum absolute atomic E-state index is 0.0587. The number of nitrogens with one attached hydrogen (secondary N) is 1. The Bertz CT molecular complexity index is 625. The Morgan fingerprint density at radius 3 is 2.44 bits per heavy atom. The van der Waals surface area contributed by atoms with Gasteiger partial charge in [-0.1, -0.05) is 6.92 Å². The lowest BCUT2D eigenvalue weighted by atomic mass is 10.3. The third-order valence-electron chi connectivity index (χ3n) is 2.80. The number of aromatic nitrogens is 2. The number of H-pyrrole nitrogens is 1. The number of hydrogen-bond donors (Lipinski definition) is 1. The van der Waals surface area contributed by atoms with Crippen molar-refractivity contribution in [2.24, 2.45) is 0 Å². The fourth-order valence-electron chi connectivity index (χ4n) is 1.43. The molecule has 0 unspecified atom stereocenters. The maximum Gasteiger partial charge on any atom is 0.328 e. The molecule has 1 N–H and O–H groups in total. The van der Waals surface area contributed by atoms with E-state index in [0.29, 0.717) is 12.0 Å². The minimum Gasteiger partial charge on any atom is -0.299 e. The van der Waals surface area contributed by atoms with E-state index in [4.69, 9.17) is 0 Å². The first-order valence-corrected chi connectivity index (χ1v) is 7.53. The maximum absolute atomic E-state index is 11.6. The van der Waals surface area contributed by atoms with Crippen molar-refractivity contribution >= 4 is 9.84 Å². The van der Waals surface area contributed by atoms with Crippen LogP contribution in [0.3, 0.4) is 0 Å². The van der Waals surface area contributed by atoms with Gasteiger partial charge in [0.05, 0.1) is 11.0 Å². The molecule has 0 fully saturated rings. The lowest BCUT2D eigenvalue weighted by Crippen LogP contribution is -2.34. The number of nitrogens with zero attached hydrogens (tertiary/aromatic N) is 1. The van der Waals surface area contributed by atoms with Crippen molar-refractivity contribution in [2.75, 3.05) is 5.75 Å². The molecule has 102 valence electrons. The van der Waals surface area contributed by atoms with Gasteiger partial charge in [-0.3, -0.25) is 14.3 Å². The van der Waals surface area contributed by atoms with E-state index >= 15 is 0 Å². The highest BCUT2D eigenvalue weighted by Gasteiger charge is 2.16. The summed E-state index contributed by atoms with van der Waals surface area (Å²) in [6.45, 7) is 5.05. The van der Waals surface area contributed by atoms with Gasteiger partial charge in [-0.25, -0.2) is 13.2 Å².